The third-order valence-corrected chi connectivity index (χ3v) is 4.21. The van der Waals surface area contributed by atoms with Crippen molar-refractivity contribution in [2.75, 3.05) is 6.54 Å². The first-order chi connectivity index (χ1) is 10.2. The van der Waals surface area contributed by atoms with Crippen LogP contribution in [-0.2, 0) is 11.3 Å². The van der Waals surface area contributed by atoms with Crippen LogP contribution in [0.4, 0.5) is 4.39 Å². The van der Waals surface area contributed by atoms with Gasteiger partial charge in [-0.1, -0.05) is 49.4 Å². The minimum absolute atomic E-state index is 0.0818. The third-order valence-electron chi connectivity index (χ3n) is 3.91. The second kappa shape index (κ2) is 8.35. The third kappa shape index (κ3) is 5.29. The maximum atomic E-state index is 13.7. The van der Waals surface area contributed by atoms with Crippen molar-refractivity contribution in [3.05, 3.63) is 34.6 Å². The fraction of sp³-hybridized carbons (Fsp3) is 0.562. The summed E-state index contributed by atoms with van der Waals surface area (Å²) in [5, 5.41) is 6.10. The number of nitrogens with one attached hydrogen (secondary N) is 2. The molecule has 3 nitrogen and oxygen atoms in total. The molecule has 5 heteroatoms. The number of hydrogen-bond acceptors (Lipinski definition) is 2. The van der Waals surface area contributed by atoms with Crippen LogP contribution in [0.1, 0.15) is 44.1 Å². The van der Waals surface area contributed by atoms with Crippen LogP contribution < -0.4 is 10.6 Å². The molecular weight excluding hydrogens is 291 g/mol. The Hall–Kier alpha value is -1.13. The smallest absolute Gasteiger partial charge is 0.234 e. The van der Waals surface area contributed by atoms with E-state index in [1.807, 2.05) is 0 Å². The van der Waals surface area contributed by atoms with Gasteiger partial charge in [-0.25, -0.2) is 4.39 Å². The van der Waals surface area contributed by atoms with E-state index >= 15 is 0 Å². The van der Waals surface area contributed by atoms with E-state index in [4.69, 9.17) is 11.6 Å². The predicted octanol–water partition coefficient (Wildman–Crippen LogP) is 3.41. The van der Waals surface area contributed by atoms with Gasteiger partial charge in [0.25, 0.3) is 0 Å². The van der Waals surface area contributed by atoms with Crippen LogP contribution >= 0.6 is 11.6 Å². The van der Waals surface area contributed by atoms with Crippen molar-refractivity contribution in [1.29, 1.82) is 0 Å². The standard InChI is InChI=1S/C16H22ClFN2O/c17-14-9-5-6-12(16(14)18)10-20-15(21)11-19-13-7-3-1-2-4-8-13/h5-6,9,13,19H,1-4,7-8,10-11H2,(H,20,21). The van der Waals surface area contributed by atoms with Gasteiger partial charge >= 0.3 is 0 Å². The van der Waals surface area contributed by atoms with Crippen molar-refractivity contribution in [1.82, 2.24) is 10.6 Å². The van der Waals surface area contributed by atoms with E-state index in [-0.39, 0.29) is 24.0 Å². The van der Waals surface area contributed by atoms with Gasteiger partial charge in [0.15, 0.2) is 0 Å². The van der Waals surface area contributed by atoms with Crippen molar-refractivity contribution in [3.63, 3.8) is 0 Å². The molecular formula is C16H22ClFN2O. The summed E-state index contributed by atoms with van der Waals surface area (Å²) in [5.74, 6) is -0.574. The molecule has 1 aliphatic carbocycles. The van der Waals surface area contributed by atoms with Gasteiger partial charge in [0.2, 0.25) is 5.91 Å². The highest BCUT2D eigenvalue weighted by molar-refractivity contribution is 6.30. The molecule has 2 N–H and O–H groups in total. The Labute approximate surface area is 130 Å². The molecule has 0 saturated heterocycles. The van der Waals surface area contributed by atoms with E-state index in [2.05, 4.69) is 10.6 Å². The van der Waals surface area contributed by atoms with Crippen molar-refractivity contribution in [2.24, 2.45) is 0 Å². The molecule has 116 valence electrons. The number of halogens is 2. The number of rotatable bonds is 5. The number of amides is 1. The van der Waals surface area contributed by atoms with Gasteiger partial charge < -0.3 is 10.6 Å². The molecule has 2 rings (SSSR count). The molecule has 1 aliphatic rings. The van der Waals surface area contributed by atoms with Crippen molar-refractivity contribution in [2.45, 2.75) is 51.1 Å². The van der Waals surface area contributed by atoms with Gasteiger partial charge in [0.1, 0.15) is 5.82 Å². The van der Waals surface area contributed by atoms with E-state index in [9.17, 15) is 9.18 Å². The van der Waals surface area contributed by atoms with Crippen LogP contribution in [0.3, 0.4) is 0 Å². The highest BCUT2D eigenvalue weighted by Crippen LogP contribution is 2.18. The van der Waals surface area contributed by atoms with Crippen LogP contribution in [0.25, 0.3) is 0 Å². The lowest BCUT2D eigenvalue weighted by molar-refractivity contribution is -0.120. The molecule has 1 saturated carbocycles. The molecule has 0 bridgehead atoms. The Morgan fingerprint density at radius 1 is 1.24 bits per heavy atom. The summed E-state index contributed by atoms with van der Waals surface area (Å²) >= 11 is 5.71. The van der Waals surface area contributed by atoms with Crippen LogP contribution in [0.15, 0.2) is 18.2 Å². The monoisotopic (exact) mass is 312 g/mol. The summed E-state index contributed by atoms with van der Waals surface area (Å²) in [6, 6.07) is 5.23. The summed E-state index contributed by atoms with van der Waals surface area (Å²) in [7, 11) is 0. The van der Waals surface area contributed by atoms with Crippen LogP contribution in [0.2, 0.25) is 5.02 Å². The van der Waals surface area contributed by atoms with Crippen LogP contribution in [0, 0.1) is 5.82 Å². The fourth-order valence-electron chi connectivity index (χ4n) is 2.66. The largest absolute Gasteiger partial charge is 0.351 e. The molecule has 0 heterocycles. The Balaban J connectivity index is 1.73. The number of carbonyl (C=O) groups is 1. The van der Waals surface area contributed by atoms with Crippen molar-refractivity contribution < 1.29 is 9.18 Å². The number of benzene rings is 1. The maximum absolute atomic E-state index is 13.7. The Morgan fingerprint density at radius 3 is 2.67 bits per heavy atom. The van der Waals surface area contributed by atoms with Gasteiger partial charge in [-0.15, -0.1) is 0 Å². The summed E-state index contributed by atoms with van der Waals surface area (Å²) in [4.78, 5) is 11.8. The second-order valence-electron chi connectivity index (χ2n) is 5.56. The Kier molecular flexibility index (Phi) is 6.46. The predicted molar refractivity (Wildman–Crippen MR) is 82.7 cm³/mol. The van der Waals surface area contributed by atoms with Crippen molar-refractivity contribution in [3.8, 4) is 0 Å². The Morgan fingerprint density at radius 2 is 1.95 bits per heavy atom. The van der Waals surface area contributed by atoms with E-state index in [1.54, 1.807) is 12.1 Å². The summed E-state index contributed by atoms with van der Waals surface area (Å²) < 4.78 is 13.7. The molecule has 0 aromatic heterocycles. The first-order valence-corrected chi connectivity index (χ1v) is 7.97. The summed E-state index contributed by atoms with van der Waals surface area (Å²) in [6.45, 7) is 0.449. The Bertz CT molecular complexity index is 473. The normalized spacial score (nSPS) is 16.5. The molecule has 0 atom stereocenters. The highest BCUT2D eigenvalue weighted by Gasteiger charge is 2.13. The van der Waals surface area contributed by atoms with E-state index in [0.29, 0.717) is 11.6 Å². The molecule has 1 amide bonds. The molecule has 0 unspecified atom stereocenters. The highest BCUT2D eigenvalue weighted by atomic mass is 35.5. The molecule has 0 aliphatic heterocycles. The average Bonchev–Trinajstić information content (AvgIpc) is 2.75. The van der Waals surface area contributed by atoms with Gasteiger partial charge in [0, 0.05) is 18.2 Å². The number of hydrogen-bond donors (Lipinski definition) is 2. The number of carbonyl (C=O) groups excluding carboxylic acids is 1. The first kappa shape index (κ1) is 16.2. The summed E-state index contributed by atoms with van der Waals surface area (Å²) in [5.41, 5.74) is 0.408. The average molecular weight is 313 g/mol. The maximum Gasteiger partial charge on any atom is 0.234 e. The van der Waals surface area contributed by atoms with Gasteiger partial charge in [-0.05, 0) is 18.9 Å². The molecule has 0 radical (unpaired) electrons. The lowest BCUT2D eigenvalue weighted by atomic mass is 10.1. The minimum atomic E-state index is -0.462. The zero-order chi connectivity index (χ0) is 15.1. The lowest BCUT2D eigenvalue weighted by Gasteiger charge is -2.16. The van der Waals surface area contributed by atoms with Crippen LogP contribution in [-0.4, -0.2) is 18.5 Å². The van der Waals surface area contributed by atoms with Crippen LogP contribution in [0.5, 0.6) is 0 Å². The molecule has 21 heavy (non-hydrogen) atoms. The van der Waals surface area contributed by atoms with Crippen molar-refractivity contribution >= 4 is 17.5 Å². The molecule has 1 fully saturated rings. The van der Waals surface area contributed by atoms with Gasteiger partial charge in [-0.2, -0.15) is 0 Å². The topological polar surface area (TPSA) is 41.1 Å². The lowest BCUT2D eigenvalue weighted by Crippen LogP contribution is -2.38. The SMILES string of the molecule is O=C(CNC1CCCCCC1)NCc1cccc(Cl)c1F. The zero-order valence-corrected chi connectivity index (χ0v) is 12.9. The van der Waals surface area contributed by atoms with Gasteiger partial charge in [0.05, 0.1) is 11.6 Å². The fourth-order valence-corrected chi connectivity index (χ4v) is 2.86. The minimum Gasteiger partial charge on any atom is -0.351 e. The summed E-state index contributed by atoms with van der Waals surface area (Å²) in [6.07, 6.45) is 7.31. The molecule has 0 spiro atoms. The van der Waals surface area contributed by atoms with Gasteiger partial charge in [-0.3, -0.25) is 4.79 Å². The molecule has 1 aromatic rings. The molecule has 1 aromatic carbocycles. The quantitative estimate of drug-likeness (QED) is 0.818. The second-order valence-corrected chi connectivity index (χ2v) is 5.97. The van der Waals surface area contributed by atoms with E-state index in [0.717, 1.165) is 12.8 Å². The van der Waals surface area contributed by atoms with E-state index < -0.39 is 5.82 Å². The zero-order valence-electron chi connectivity index (χ0n) is 12.1. The van der Waals surface area contributed by atoms with E-state index in [1.165, 1.54) is 31.7 Å². The first-order valence-electron chi connectivity index (χ1n) is 7.60.